The first-order chi connectivity index (χ1) is 17.1. The SMILES string of the molecule is COC(=O)c1cc(OC)ccc1N(CCN1CCN(c2ccccc2)CC1)C(=O)c1ccccc1. The minimum atomic E-state index is -0.513. The molecule has 35 heavy (non-hydrogen) atoms. The van der Waals surface area contributed by atoms with Crippen LogP contribution in [0.4, 0.5) is 11.4 Å². The van der Waals surface area contributed by atoms with Crippen molar-refractivity contribution in [2.45, 2.75) is 0 Å². The van der Waals surface area contributed by atoms with Crippen molar-refractivity contribution < 1.29 is 19.1 Å². The number of methoxy groups -OCH3 is 2. The molecule has 0 spiro atoms. The summed E-state index contributed by atoms with van der Waals surface area (Å²) in [6.45, 7) is 4.77. The number of piperazine rings is 1. The van der Waals surface area contributed by atoms with Crippen LogP contribution in [0.25, 0.3) is 0 Å². The fourth-order valence-electron chi connectivity index (χ4n) is 4.33. The van der Waals surface area contributed by atoms with E-state index in [1.54, 1.807) is 35.2 Å². The summed E-state index contributed by atoms with van der Waals surface area (Å²) in [4.78, 5) is 32.6. The minimum absolute atomic E-state index is 0.163. The van der Waals surface area contributed by atoms with Crippen LogP contribution in [0, 0.1) is 0 Å². The molecule has 7 nitrogen and oxygen atoms in total. The molecule has 1 aliphatic rings. The molecule has 7 heteroatoms. The van der Waals surface area contributed by atoms with E-state index in [0.717, 1.165) is 26.2 Å². The lowest BCUT2D eigenvalue weighted by atomic mass is 10.1. The number of rotatable bonds is 8. The van der Waals surface area contributed by atoms with Gasteiger partial charge in [0.15, 0.2) is 0 Å². The van der Waals surface area contributed by atoms with Crippen molar-refractivity contribution >= 4 is 23.3 Å². The number of nitrogens with zero attached hydrogens (tertiary/aromatic N) is 3. The van der Waals surface area contributed by atoms with Gasteiger partial charge in [-0.15, -0.1) is 0 Å². The Morgan fingerprint density at radius 3 is 2.14 bits per heavy atom. The Labute approximate surface area is 206 Å². The van der Waals surface area contributed by atoms with Crippen molar-refractivity contribution in [2.24, 2.45) is 0 Å². The number of ether oxygens (including phenoxy) is 2. The van der Waals surface area contributed by atoms with Gasteiger partial charge in [0.05, 0.1) is 25.5 Å². The zero-order chi connectivity index (χ0) is 24.6. The Morgan fingerprint density at radius 2 is 1.51 bits per heavy atom. The lowest BCUT2D eigenvalue weighted by Crippen LogP contribution is -2.49. The maximum absolute atomic E-state index is 13.6. The summed E-state index contributed by atoms with van der Waals surface area (Å²) in [6.07, 6.45) is 0. The predicted octanol–water partition coefficient (Wildman–Crippen LogP) is 3.95. The highest BCUT2D eigenvalue weighted by Gasteiger charge is 2.26. The van der Waals surface area contributed by atoms with E-state index in [4.69, 9.17) is 9.47 Å². The largest absolute Gasteiger partial charge is 0.497 e. The zero-order valence-electron chi connectivity index (χ0n) is 20.2. The molecule has 0 saturated carbocycles. The van der Waals surface area contributed by atoms with E-state index >= 15 is 0 Å². The van der Waals surface area contributed by atoms with Gasteiger partial charge in [0, 0.05) is 50.5 Å². The number of hydrogen-bond acceptors (Lipinski definition) is 6. The van der Waals surface area contributed by atoms with Gasteiger partial charge >= 0.3 is 5.97 Å². The molecular formula is C28H31N3O4. The number of anilines is 2. The third-order valence-electron chi connectivity index (χ3n) is 6.30. The smallest absolute Gasteiger partial charge is 0.340 e. The second kappa shape index (κ2) is 11.5. The fourth-order valence-corrected chi connectivity index (χ4v) is 4.33. The van der Waals surface area contributed by atoms with E-state index in [1.807, 2.05) is 24.3 Å². The number of benzene rings is 3. The normalized spacial score (nSPS) is 13.8. The van der Waals surface area contributed by atoms with Crippen LogP contribution in [-0.4, -0.2) is 70.3 Å². The van der Waals surface area contributed by atoms with Crippen LogP contribution < -0.4 is 14.5 Å². The molecule has 1 fully saturated rings. The fraction of sp³-hybridized carbons (Fsp3) is 0.286. The molecule has 3 aromatic carbocycles. The third-order valence-corrected chi connectivity index (χ3v) is 6.30. The number of amides is 1. The summed E-state index contributed by atoms with van der Waals surface area (Å²) >= 11 is 0. The van der Waals surface area contributed by atoms with E-state index in [0.29, 0.717) is 35.7 Å². The molecule has 0 aliphatic carbocycles. The number of carbonyl (C=O) groups is 2. The average molecular weight is 474 g/mol. The molecule has 0 unspecified atom stereocenters. The highest BCUT2D eigenvalue weighted by Crippen LogP contribution is 2.28. The second-order valence-electron chi connectivity index (χ2n) is 8.36. The lowest BCUT2D eigenvalue weighted by molar-refractivity contribution is 0.0601. The highest BCUT2D eigenvalue weighted by atomic mass is 16.5. The zero-order valence-corrected chi connectivity index (χ0v) is 20.2. The van der Waals surface area contributed by atoms with Crippen LogP contribution in [0.5, 0.6) is 5.75 Å². The Bertz CT molecular complexity index is 1130. The van der Waals surface area contributed by atoms with Crippen LogP contribution in [0.2, 0.25) is 0 Å². The molecule has 3 aromatic rings. The van der Waals surface area contributed by atoms with Crippen molar-refractivity contribution in [3.63, 3.8) is 0 Å². The number of esters is 1. The topological polar surface area (TPSA) is 62.3 Å². The Morgan fingerprint density at radius 1 is 0.857 bits per heavy atom. The standard InChI is InChI=1S/C28H31N3O4/c1-34-24-13-14-26(25(21-24)28(33)35-2)31(27(32)22-9-5-3-6-10-22)20-17-29-15-18-30(19-16-29)23-11-7-4-8-12-23/h3-14,21H,15-20H2,1-2H3. The Balaban J connectivity index is 1.54. The van der Waals surface area contributed by atoms with Gasteiger partial charge in [-0.25, -0.2) is 4.79 Å². The number of carbonyl (C=O) groups excluding carboxylic acids is 2. The van der Waals surface area contributed by atoms with Crippen molar-refractivity contribution in [1.29, 1.82) is 0 Å². The van der Waals surface area contributed by atoms with Crippen molar-refractivity contribution in [3.05, 3.63) is 90.0 Å². The van der Waals surface area contributed by atoms with E-state index in [2.05, 4.69) is 34.1 Å². The first kappa shape index (κ1) is 24.3. The molecule has 1 saturated heterocycles. The molecule has 0 atom stereocenters. The molecule has 0 radical (unpaired) electrons. The van der Waals surface area contributed by atoms with Crippen LogP contribution in [-0.2, 0) is 4.74 Å². The molecule has 0 N–H and O–H groups in total. The molecule has 1 aliphatic heterocycles. The number of para-hydroxylation sites is 1. The Hall–Kier alpha value is -3.84. The summed E-state index contributed by atoms with van der Waals surface area (Å²) < 4.78 is 10.3. The Kier molecular flexibility index (Phi) is 8.00. The monoisotopic (exact) mass is 473 g/mol. The van der Waals surface area contributed by atoms with E-state index in [-0.39, 0.29) is 5.91 Å². The number of hydrogen-bond donors (Lipinski definition) is 0. The molecule has 0 aromatic heterocycles. The summed E-state index contributed by atoms with van der Waals surface area (Å²) in [6, 6.07) is 24.7. The summed E-state index contributed by atoms with van der Waals surface area (Å²) in [5.74, 6) is -0.150. The van der Waals surface area contributed by atoms with Gasteiger partial charge in [-0.05, 0) is 42.5 Å². The van der Waals surface area contributed by atoms with Crippen molar-refractivity contribution in [3.8, 4) is 5.75 Å². The first-order valence-electron chi connectivity index (χ1n) is 11.8. The van der Waals surface area contributed by atoms with Gasteiger partial charge in [0.1, 0.15) is 5.75 Å². The quantitative estimate of drug-likeness (QED) is 0.462. The van der Waals surface area contributed by atoms with Crippen LogP contribution >= 0.6 is 0 Å². The first-order valence-corrected chi connectivity index (χ1v) is 11.8. The van der Waals surface area contributed by atoms with E-state index in [1.165, 1.54) is 19.9 Å². The predicted molar refractivity (Wildman–Crippen MR) is 138 cm³/mol. The van der Waals surface area contributed by atoms with Gasteiger partial charge in [0.25, 0.3) is 5.91 Å². The summed E-state index contributed by atoms with van der Waals surface area (Å²) in [5, 5.41) is 0. The molecule has 1 amide bonds. The molecule has 4 rings (SSSR count). The molecular weight excluding hydrogens is 442 g/mol. The molecule has 0 bridgehead atoms. The van der Waals surface area contributed by atoms with Crippen molar-refractivity contribution in [2.75, 3.05) is 63.3 Å². The van der Waals surface area contributed by atoms with Crippen LogP contribution in [0.1, 0.15) is 20.7 Å². The van der Waals surface area contributed by atoms with Gasteiger partial charge in [-0.1, -0.05) is 36.4 Å². The summed E-state index contributed by atoms with van der Waals surface area (Å²) in [7, 11) is 2.87. The minimum Gasteiger partial charge on any atom is -0.497 e. The van der Waals surface area contributed by atoms with Crippen LogP contribution in [0.15, 0.2) is 78.9 Å². The average Bonchev–Trinajstić information content (AvgIpc) is 2.94. The van der Waals surface area contributed by atoms with E-state index < -0.39 is 5.97 Å². The third kappa shape index (κ3) is 5.81. The molecule has 182 valence electrons. The van der Waals surface area contributed by atoms with Crippen molar-refractivity contribution in [1.82, 2.24) is 4.90 Å². The van der Waals surface area contributed by atoms with Crippen LogP contribution in [0.3, 0.4) is 0 Å². The van der Waals surface area contributed by atoms with Gasteiger partial charge in [0.2, 0.25) is 0 Å². The van der Waals surface area contributed by atoms with Gasteiger partial charge in [-0.2, -0.15) is 0 Å². The second-order valence-corrected chi connectivity index (χ2v) is 8.36. The van der Waals surface area contributed by atoms with E-state index in [9.17, 15) is 9.59 Å². The summed E-state index contributed by atoms with van der Waals surface area (Å²) in [5.41, 5.74) is 2.60. The highest BCUT2D eigenvalue weighted by molar-refractivity contribution is 6.09. The van der Waals surface area contributed by atoms with Gasteiger partial charge < -0.3 is 19.3 Å². The molecule has 1 heterocycles. The lowest BCUT2D eigenvalue weighted by Gasteiger charge is -2.37. The van der Waals surface area contributed by atoms with Gasteiger partial charge in [-0.3, -0.25) is 9.69 Å². The maximum Gasteiger partial charge on any atom is 0.340 e. The maximum atomic E-state index is 13.6.